The fourth-order valence-electron chi connectivity index (χ4n) is 5.88. The van der Waals surface area contributed by atoms with Crippen LogP contribution in [0.5, 0.6) is 5.75 Å². The Morgan fingerprint density at radius 1 is 1.02 bits per heavy atom. The summed E-state index contributed by atoms with van der Waals surface area (Å²) in [4.78, 5) is 0. The Kier molecular flexibility index (Phi) is 10.2. The molecule has 1 atom stereocenters. The van der Waals surface area contributed by atoms with Gasteiger partial charge in [-0.25, -0.2) is 4.39 Å². The first-order chi connectivity index (χ1) is 19.7. The van der Waals surface area contributed by atoms with Gasteiger partial charge in [-0.1, -0.05) is 125 Å². The lowest BCUT2D eigenvalue weighted by molar-refractivity contribution is 0.115. The van der Waals surface area contributed by atoms with E-state index in [0.29, 0.717) is 13.2 Å². The topological polar surface area (TPSA) is 38.7 Å². The summed E-state index contributed by atoms with van der Waals surface area (Å²) in [7, 11) is -2.67. The highest BCUT2D eigenvalue weighted by Gasteiger charge is 2.50. The van der Waals surface area contributed by atoms with Gasteiger partial charge in [-0.05, 0) is 63.5 Å². The minimum Gasteiger partial charge on any atom is -0.505 e. The quantitative estimate of drug-likeness (QED) is 0.225. The van der Waals surface area contributed by atoms with Crippen LogP contribution in [0, 0.1) is 5.82 Å². The van der Waals surface area contributed by atoms with Gasteiger partial charge in [0.2, 0.25) is 0 Å². The van der Waals surface area contributed by atoms with Crippen LogP contribution in [0.25, 0.3) is 6.08 Å². The van der Waals surface area contributed by atoms with Crippen molar-refractivity contribution in [1.82, 2.24) is 0 Å². The Labute approximate surface area is 246 Å². The summed E-state index contributed by atoms with van der Waals surface area (Å²) in [5.41, 5.74) is 4.08. The molecule has 4 rings (SSSR count). The molecule has 0 aliphatic carbocycles. The molecule has 0 fully saturated rings. The number of rotatable bonds is 12. The Bertz CT molecular complexity index is 1330. The average molecular weight is 571 g/mol. The molecule has 0 radical (unpaired) electrons. The minimum atomic E-state index is -2.67. The number of benzene rings is 3. The first-order valence-electron chi connectivity index (χ1n) is 14.6. The van der Waals surface area contributed by atoms with Gasteiger partial charge in [0.1, 0.15) is 0 Å². The maximum absolute atomic E-state index is 13.9. The second kappa shape index (κ2) is 13.6. The fourth-order valence-corrected chi connectivity index (χ4v) is 10.4. The summed E-state index contributed by atoms with van der Waals surface area (Å²) in [6.07, 6.45) is 7.69. The first-order valence-corrected chi connectivity index (χ1v) is 16.5. The highest BCUT2D eigenvalue weighted by molar-refractivity contribution is 6.99. The van der Waals surface area contributed by atoms with Gasteiger partial charge in [-0.15, -0.1) is 0 Å². The summed E-state index contributed by atoms with van der Waals surface area (Å²) >= 11 is 0. The summed E-state index contributed by atoms with van der Waals surface area (Å²) in [6.45, 7) is 14.5. The van der Waals surface area contributed by atoms with Gasteiger partial charge in [0.05, 0.1) is 19.3 Å². The molecule has 3 nitrogen and oxygen atoms in total. The molecule has 41 heavy (non-hydrogen) atoms. The number of halogens is 1. The van der Waals surface area contributed by atoms with E-state index in [4.69, 9.17) is 9.16 Å². The lowest BCUT2D eigenvalue weighted by atomic mass is 9.95. The van der Waals surface area contributed by atoms with Gasteiger partial charge in [-0.2, -0.15) is 0 Å². The highest BCUT2D eigenvalue weighted by Crippen LogP contribution is 2.38. The molecule has 1 heterocycles. The molecule has 0 aromatic heterocycles. The first kappa shape index (κ1) is 30.7. The van der Waals surface area contributed by atoms with Crippen LogP contribution in [0.2, 0.25) is 5.04 Å². The molecule has 0 bridgehead atoms. The lowest BCUT2D eigenvalue weighted by Gasteiger charge is -2.43. The van der Waals surface area contributed by atoms with Crippen LogP contribution < -0.4 is 10.4 Å². The number of allylic oxidation sites excluding steroid dienone is 1. The largest absolute Gasteiger partial charge is 0.505 e. The smallest absolute Gasteiger partial charge is 0.261 e. The van der Waals surface area contributed by atoms with Crippen molar-refractivity contribution in [2.45, 2.75) is 64.5 Å². The molecule has 5 heteroatoms. The van der Waals surface area contributed by atoms with E-state index in [1.807, 2.05) is 6.08 Å². The predicted molar refractivity (Wildman–Crippen MR) is 171 cm³/mol. The van der Waals surface area contributed by atoms with Crippen molar-refractivity contribution in [3.05, 3.63) is 120 Å². The number of aromatic hydroxyl groups is 1. The van der Waals surface area contributed by atoms with Crippen molar-refractivity contribution in [2.24, 2.45) is 0 Å². The van der Waals surface area contributed by atoms with Gasteiger partial charge in [0.25, 0.3) is 8.32 Å². The summed E-state index contributed by atoms with van der Waals surface area (Å²) < 4.78 is 27.2. The molecule has 0 spiro atoms. The SMILES string of the molecule is C=C(CO[Si](c1ccccc1)(c1ccccc1)C(C)(C)C)C1=CCOC1CC/C(=C/c1ccc(O)c(F)c1)CCC. The van der Waals surface area contributed by atoms with Gasteiger partial charge in [0, 0.05) is 0 Å². The highest BCUT2D eigenvalue weighted by atomic mass is 28.4. The maximum atomic E-state index is 13.9. The van der Waals surface area contributed by atoms with Crippen LogP contribution in [0.4, 0.5) is 4.39 Å². The zero-order valence-corrected chi connectivity index (χ0v) is 25.8. The molecule has 0 saturated heterocycles. The van der Waals surface area contributed by atoms with E-state index in [1.54, 1.807) is 6.07 Å². The molecule has 1 aliphatic rings. The Morgan fingerprint density at radius 3 is 2.22 bits per heavy atom. The van der Waals surface area contributed by atoms with Crippen molar-refractivity contribution < 1.29 is 18.7 Å². The molecule has 0 saturated carbocycles. The van der Waals surface area contributed by atoms with E-state index in [1.165, 1.54) is 28.1 Å². The van der Waals surface area contributed by atoms with E-state index >= 15 is 0 Å². The normalized spacial score (nSPS) is 16.1. The zero-order valence-electron chi connectivity index (χ0n) is 24.8. The standard InChI is InChI=1S/C36H43FO3Si/c1-6-13-28(24-29-18-20-34(38)33(37)25-29)19-21-35-32(22-23-39-35)27(2)26-40-41(36(3,4)5,30-14-9-7-10-15-30)31-16-11-8-12-17-31/h7-12,14-18,20,22,24-25,35,38H,2,6,13,19,21,23,26H2,1,3-5H3/b28-24+. The second-order valence-electron chi connectivity index (χ2n) is 11.8. The number of phenols is 1. The van der Waals surface area contributed by atoms with Gasteiger partial charge in [0.15, 0.2) is 11.6 Å². The summed E-state index contributed by atoms with van der Waals surface area (Å²) in [5.74, 6) is -0.928. The maximum Gasteiger partial charge on any atom is 0.261 e. The van der Waals surface area contributed by atoms with Crippen LogP contribution in [0.3, 0.4) is 0 Å². The minimum absolute atomic E-state index is 0.0536. The van der Waals surface area contributed by atoms with Gasteiger partial charge >= 0.3 is 0 Å². The fraction of sp³-hybridized carbons (Fsp3) is 0.333. The molecule has 3 aromatic rings. The summed E-state index contributed by atoms with van der Waals surface area (Å²) in [6, 6.07) is 25.9. The average Bonchev–Trinajstić information content (AvgIpc) is 3.43. The van der Waals surface area contributed by atoms with Crippen molar-refractivity contribution in [3.63, 3.8) is 0 Å². The van der Waals surface area contributed by atoms with E-state index in [-0.39, 0.29) is 16.9 Å². The second-order valence-corrected chi connectivity index (χ2v) is 16.1. The number of ether oxygens (including phenoxy) is 1. The number of hydrogen-bond donors (Lipinski definition) is 1. The van der Waals surface area contributed by atoms with Crippen molar-refractivity contribution in [3.8, 4) is 5.75 Å². The molecular weight excluding hydrogens is 527 g/mol. The summed E-state index contributed by atoms with van der Waals surface area (Å²) in [5, 5.41) is 11.9. The van der Waals surface area contributed by atoms with Crippen LogP contribution in [-0.2, 0) is 9.16 Å². The van der Waals surface area contributed by atoms with Crippen LogP contribution >= 0.6 is 0 Å². The van der Waals surface area contributed by atoms with E-state index < -0.39 is 14.1 Å². The van der Waals surface area contributed by atoms with Crippen molar-refractivity contribution in [2.75, 3.05) is 13.2 Å². The molecule has 1 N–H and O–H groups in total. The lowest BCUT2D eigenvalue weighted by Crippen LogP contribution is -2.66. The van der Waals surface area contributed by atoms with Crippen LogP contribution in [0.15, 0.2) is 108 Å². The van der Waals surface area contributed by atoms with Crippen molar-refractivity contribution in [1.29, 1.82) is 0 Å². The van der Waals surface area contributed by atoms with E-state index in [0.717, 1.165) is 42.4 Å². The monoisotopic (exact) mass is 570 g/mol. The predicted octanol–water partition coefficient (Wildman–Crippen LogP) is 7.95. The van der Waals surface area contributed by atoms with Crippen LogP contribution in [-0.4, -0.2) is 32.7 Å². The third kappa shape index (κ3) is 7.15. The molecule has 1 aliphatic heterocycles. The van der Waals surface area contributed by atoms with E-state index in [2.05, 4.69) is 101 Å². The molecule has 216 valence electrons. The van der Waals surface area contributed by atoms with Gasteiger partial charge in [-0.3, -0.25) is 0 Å². The molecular formula is C36H43FO3Si. The Hall–Kier alpha value is -3.25. The molecule has 0 amide bonds. The third-order valence-corrected chi connectivity index (χ3v) is 12.9. The third-order valence-electron chi connectivity index (χ3n) is 7.88. The van der Waals surface area contributed by atoms with Crippen LogP contribution in [0.1, 0.15) is 58.9 Å². The number of phenolic OH excluding ortho intramolecular Hbond substituents is 1. The Balaban J connectivity index is 1.51. The number of hydrogen-bond acceptors (Lipinski definition) is 3. The Morgan fingerprint density at radius 2 is 1.66 bits per heavy atom. The molecule has 1 unspecified atom stereocenters. The van der Waals surface area contributed by atoms with E-state index in [9.17, 15) is 9.50 Å². The zero-order chi connectivity index (χ0) is 29.5. The van der Waals surface area contributed by atoms with Crippen molar-refractivity contribution >= 4 is 24.8 Å². The van der Waals surface area contributed by atoms with Gasteiger partial charge < -0.3 is 14.3 Å². The molecule has 3 aromatic carbocycles.